The number of rotatable bonds is 3. The molecule has 0 unspecified atom stereocenters. The molecular weight excluding hydrogens is 330 g/mol. The first-order valence-electron chi connectivity index (χ1n) is 8.75. The summed E-state index contributed by atoms with van der Waals surface area (Å²) in [5, 5.41) is 10.2. The lowest BCUT2D eigenvalue weighted by molar-refractivity contribution is 0.194. The van der Waals surface area contributed by atoms with E-state index in [1.54, 1.807) is 6.20 Å². The predicted octanol–water partition coefficient (Wildman–Crippen LogP) is 3.78. The lowest BCUT2D eigenvalue weighted by Crippen LogP contribution is -2.40. The number of carbonyl (C=O) groups is 1. The van der Waals surface area contributed by atoms with Gasteiger partial charge in [0.1, 0.15) is 0 Å². The standard InChI is InChI=1S/C19H21N5O2/c1-13-10-21-23-18(13)14-5-7-24(8-6-14)19(25)22-16-4-2-3-15(9-16)17-11-20-12-26-17/h2-4,9-12,14H,5-8H2,1H3,(H,21,23)(H,22,25). The molecule has 1 aromatic carbocycles. The Morgan fingerprint density at radius 2 is 2.15 bits per heavy atom. The zero-order chi connectivity index (χ0) is 17.9. The Bertz CT molecular complexity index is 879. The summed E-state index contributed by atoms with van der Waals surface area (Å²) in [6.07, 6.45) is 6.79. The Morgan fingerprint density at radius 3 is 2.85 bits per heavy atom. The highest BCUT2D eigenvalue weighted by Crippen LogP contribution is 2.29. The number of oxazole rings is 1. The van der Waals surface area contributed by atoms with Gasteiger partial charge in [0.25, 0.3) is 0 Å². The number of aromatic amines is 1. The SMILES string of the molecule is Cc1cn[nH]c1C1CCN(C(=O)Nc2cccc(-c3cnco3)c2)CC1. The lowest BCUT2D eigenvalue weighted by Gasteiger charge is -2.31. The van der Waals surface area contributed by atoms with E-state index >= 15 is 0 Å². The number of aromatic nitrogens is 3. The molecular formula is C19H21N5O2. The first-order chi connectivity index (χ1) is 12.7. The van der Waals surface area contributed by atoms with Gasteiger partial charge in [-0.25, -0.2) is 9.78 Å². The number of benzene rings is 1. The maximum Gasteiger partial charge on any atom is 0.321 e. The molecule has 1 saturated heterocycles. The van der Waals surface area contributed by atoms with Crippen LogP contribution in [0.5, 0.6) is 0 Å². The van der Waals surface area contributed by atoms with Crippen molar-refractivity contribution in [3.05, 3.63) is 54.3 Å². The fraction of sp³-hybridized carbons (Fsp3) is 0.316. The normalized spacial score (nSPS) is 15.2. The third-order valence-electron chi connectivity index (χ3n) is 4.89. The van der Waals surface area contributed by atoms with Crippen LogP contribution in [0, 0.1) is 6.92 Å². The van der Waals surface area contributed by atoms with E-state index in [1.807, 2.05) is 35.4 Å². The van der Waals surface area contributed by atoms with Crippen LogP contribution in [-0.2, 0) is 0 Å². The summed E-state index contributed by atoms with van der Waals surface area (Å²) in [5.41, 5.74) is 4.02. The Labute approximate surface area is 151 Å². The van der Waals surface area contributed by atoms with Crippen molar-refractivity contribution < 1.29 is 9.21 Å². The molecule has 4 rings (SSSR count). The van der Waals surface area contributed by atoms with Crippen molar-refractivity contribution in [2.75, 3.05) is 18.4 Å². The van der Waals surface area contributed by atoms with Crippen LogP contribution in [-0.4, -0.2) is 39.2 Å². The fourth-order valence-corrected chi connectivity index (χ4v) is 3.45. The number of piperidine rings is 1. The molecule has 2 aromatic heterocycles. The van der Waals surface area contributed by atoms with Gasteiger partial charge in [-0.15, -0.1) is 0 Å². The van der Waals surface area contributed by atoms with Crippen LogP contribution < -0.4 is 5.32 Å². The van der Waals surface area contributed by atoms with Gasteiger partial charge in [0.05, 0.1) is 12.4 Å². The Kier molecular flexibility index (Phi) is 4.43. The number of hydrogen-bond donors (Lipinski definition) is 2. The Balaban J connectivity index is 1.37. The summed E-state index contributed by atoms with van der Waals surface area (Å²) < 4.78 is 5.31. The van der Waals surface area contributed by atoms with Crippen molar-refractivity contribution in [1.82, 2.24) is 20.1 Å². The van der Waals surface area contributed by atoms with E-state index in [4.69, 9.17) is 4.42 Å². The second-order valence-electron chi connectivity index (χ2n) is 6.60. The number of likely N-dealkylation sites (tertiary alicyclic amines) is 1. The number of nitrogens with zero attached hydrogens (tertiary/aromatic N) is 3. The van der Waals surface area contributed by atoms with Crippen molar-refractivity contribution >= 4 is 11.7 Å². The quantitative estimate of drug-likeness (QED) is 0.752. The molecule has 2 N–H and O–H groups in total. The third kappa shape index (κ3) is 3.33. The highest BCUT2D eigenvalue weighted by molar-refractivity contribution is 5.90. The molecule has 0 aliphatic carbocycles. The van der Waals surface area contributed by atoms with Gasteiger partial charge in [0.15, 0.2) is 12.2 Å². The van der Waals surface area contributed by atoms with Gasteiger partial charge in [0.2, 0.25) is 0 Å². The molecule has 0 bridgehead atoms. The first kappa shape index (κ1) is 16.4. The van der Waals surface area contributed by atoms with E-state index in [2.05, 4.69) is 27.4 Å². The molecule has 0 spiro atoms. The van der Waals surface area contributed by atoms with Crippen LogP contribution in [0.2, 0.25) is 0 Å². The van der Waals surface area contributed by atoms with Crippen molar-refractivity contribution in [3.8, 4) is 11.3 Å². The van der Waals surface area contributed by atoms with E-state index in [0.717, 1.165) is 37.2 Å². The average Bonchev–Trinajstić information content (AvgIpc) is 3.34. The van der Waals surface area contributed by atoms with Gasteiger partial charge in [0, 0.05) is 36.0 Å². The van der Waals surface area contributed by atoms with Crippen molar-refractivity contribution in [2.24, 2.45) is 0 Å². The third-order valence-corrected chi connectivity index (χ3v) is 4.89. The largest absolute Gasteiger partial charge is 0.444 e. The number of urea groups is 1. The second kappa shape index (κ2) is 7.03. The number of amides is 2. The van der Waals surface area contributed by atoms with Gasteiger partial charge in [-0.1, -0.05) is 12.1 Å². The molecule has 1 fully saturated rings. The second-order valence-corrected chi connectivity index (χ2v) is 6.60. The van der Waals surface area contributed by atoms with Gasteiger partial charge in [-0.2, -0.15) is 5.10 Å². The van der Waals surface area contributed by atoms with Crippen LogP contribution in [0.1, 0.15) is 30.0 Å². The highest BCUT2D eigenvalue weighted by atomic mass is 16.3. The summed E-state index contributed by atoms with van der Waals surface area (Å²) in [4.78, 5) is 18.4. The number of H-pyrrole nitrogens is 1. The van der Waals surface area contributed by atoms with E-state index in [-0.39, 0.29) is 6.03 Å². The molecule has 0 atom stereocenters. The van der Waals surface area contributed by atoms with Gasteiger partial charge < -0.3 is 14.6 Å². The van der Waals surface area contributed by atoms with E-state index in [0.29, 0.717) is 11.7 Å². The Morgan fingerprint density at radius 1 is 1.31 bits per heavy atom. The van der Waals surface area contributed by atoms with Crippen LogP contribution in [0.15, 0.2) is 47.5 Å². The number of anilines is 1. The molecule has 26 heavy (non-hydrogen) atoms. The van der Waals surface area contributed by atoms with Gasteiger partial charge >= 0.3 is 6.03 Å². The molecule has 3 aromatic rings. The molecule has 3 heterocycles. The van der Waals surface area contributed by atoms with Crippen molar-refractivity contribution in [2.45, 2.75) is 25.7 Å². The number of carbonyl (C=O) groups excluding carboxylic acids is 1. The zero-order valence-electron chi connectivity index (χ0n) is 14.6. The summed E-state index contributed by atoms with van der Waals surface area (Å²) in [7, 11) is 0. The topological polar surface area (TPSA) is 87.0 Å². The molecule has 134 valence electrons. The average molecular weight is 351 g/mol. The molecule has 7 heteroatoms. The first-order valence-corrected chi connectivity index (χ1v) is 8.75. The van der Waals surface area contributed by atoms with E-state index in [1.165, 1.54) is 17.7 Å². The van der Waals surface area contributed by atoms with Crippen LogP contribution in [0.25, 0.3) is 11.3 Å². The van der Waals surface area contributed by atoms with Crippen LogP contribution in [0.3, 0.4) is 0 Å². The monoisotopic (exact) mass is 351 g/mol. The minimum absolute atomic E-state index is 0.0699. The lowest BCUT2D eigenvalue weighted by atomic mass is 9.92. The predicted molar refractivity (Wildman–Crippen MR) is 97.8 cm³/mol. The Hall–Kier alpha value is -3.09. The van der Waals surface area contributed by atoms with E-state index < -0.39 is 0 Å². The maximum atomic E-state index is 12.6. The smallest absolute Gasteiger partial charge is 0.321 e. The summed E-state index contributed by atoms with van der Waals surface area (Å²) >= 11 is 0. The molecule has 1 aliphatic rings. The summed E-state index contributed by atoms with van der Waals surface area (Å²) in [5.74, 6) is 1.12. The van der Waals surface area contributed by atoms with Crippen LogP contribution >= 0.6 is 0 Å². The number of aryl methyl sites for hydroxylation is 1. The van der Waals surface area contributed by atoms with E-state index in [9.17, 15) is 4.79 Å². The summed E-state index contributed by atoms with van der Waals surface area (Å²) in [6.45, 7) is 3.53. The summed E-state index contributed by atoms with van der Waals surface area (Å²) in [6, 6.07) is 7.51. The number of hydrogen-bond acceptors (Lipinski definition) is 4. The minimum atomic E-state index is -0.0699. The fourth-order valence-electron chi connectivity index (χ4n) is 3.45. The maximum absolute atomic E-state index is 12.6. The molecule has 0 radical (unpaired) electrons. The molecule has 0 saturated carbocycles. The van der Waals surface area contributed by atoms with Crippen molar-refractivity contribution in [3.63, 3.8) is 0 Å². The van der Waals surface area contributed by atoms with Gasteiger partial charge in [-0.3, -0.25) is 5.10 Å². The molecule has 2 amide bonds. The molecule has 1 aliphatic heterocycles. The molecule has 7 nitrogen and oxygen atoms in total. The van der Waals surface area contributed by atoms with Crippen LogP contribution in [0.4, 0.5) is 10.5 Å². The minimum Gasteiger partial charge on any atom is -0.444 e. The van der Waals surface area contributed by atoms with Crippen molar-refractivity contribution in [1.29, 1.82) is 0 Å². The zero-order valence-corrected chi connectivity index (χ0v) is 14.6. The highest BCUT2D eigenvalue weighted by Gasteiger charge is 2.25. The number of nitrogens with one attached hydrogen (secondary N) is 2. The van der Waals surface area contributed by atoms with Gasteiger partial charge in [-0.05, 0) is 37.5 Å².